The van der Waals surface area contributed by atoms with Crippen molar-refractivity contribution in [3.63, 3.8) is 0 Å². The molecule has 1 saturated carbocycles. The molecule has 4 rings (SSSR count). The highest BCUT2D eigenvalue weighted by atomic mass is 32.2. The van der Waals surface area contributed by atoms with Gasteiger partial charge in [0.15, 0.2) is 0 Å². The van der Waals surface area contributed by atoms with E-state index in [1.54, 1.807) is 37.4 Å². The summed E-state index contributed by atoms with van der Waals surface area (Å²) in [4.78, 5) is 20.2. The first-order valence-corrected chi connectivity index (χ1v) is 12.2. The molecule has 36 heavy (non-hydrogen) atoms. The predicted octanol–water partition coefficient (Wildman–Crippen LogP) is 5.10. The number of hydrogen-bond donors (Lipinski definition) is 2. The van der Waals surface area contributed by atoms with E-state index in [1.807, 2.05) is 18.2 Å². The Morgan fingerprint density at radius 1 is 1.33 bits per heavy atom. The number of phenolic OH excluding ortho intramolecular Hbond substituents is 1. The van der Waals surface area contributed by atoms with Crippen LogP contribution in [0.25, 0.3) is 5.70 Å². The van der Waals surface area contributed by atoms with Gasteiger partial charge in [-0.25, -0.2) is 0 Å². The molecule has 2 aliphatic carbocycles. The Hall–Kier alpha value is -3.84. The summed E-state index contributed by atoms with van der Waals surface area (Å²) in [6.07, 6.45) is 1.96. The van der Waals surface area contributed by atoms with Gasteiger partial charge in [-0.3, -0.25) is 20.1 Å². The fraction of sp³-hybridized carbons (Fsp3) is 0.346. The summed E-state index contributed by atoms with van der Waals surface area (Å²) in [6, 6.07) is 12.2. The molecule has 2 aliphatic rings. The molecule has 0 unspecified atom stereocenters. The van der Waals surface area contributed by atoms with Crippen LogP contribution in [0.15, 0.2) is 56.9 Å². The summed E-state index contributed by atoms with van der Waals surface area (Å²) >= 11 is 1.16. The van der Waals surface area contributed by atoms with Crippen molar-refractivity contribution in [2.24, 2.45) is 26.5 Å². The molecular formula is C26H28N6O3S. The molecule has 0 saturated heterocycles. The molecule has 0 aliphatic heterocycles. The van der Waals surface area contributed by atoms with Crippen LogP contribution in [0.1, 0.15) is 37.8 Å². The minimum Gasteiger partial charge on any atom is -0.506 e. The molecule has 0 heterocycles. The molecule has 3 N–H and O–H groups in total. The third-order valence-electron chi connectivity index (χ3n) is 6.76. The van der Waals surface area contributed by atoms with Gasteiger partial charge in [0, 0.05) is 30.8 Å². The van der Waals surface area contributed by atoms with Gasteiger partial charge >= 0.3 is 0 Å². The lowest BCUT2D eigenvalue weighted by Crippen LogP contribution is -2.34. The lowest BCUT2D eigenvalue weighted by atomic mass is 9.70. The van der Waals surface area contributed by atoms with E-state index < -0.39 is 15.8 Å². The summed E-state index contributed by atoms with van der Waals surface area (Å²) in [7, 11) is 1.62. The number of amidine groups is 1. The van der Waals surface area contributed by atoms with E-state index in [0.29, 0.717) is 35.1 Å². The number of anilines is 1. The summed E-state index contributed by atoms with van der Waals surface area (Å²) in [5, 5.41) is 32.7. The van der Waals surface area contributed by atoms with Gasteiger partial charge in [0.2, 0.25) is 0 Å². The standard InChI is InChI=1S/C26H28N6O3S/c1-25(2)13-17-16(22(29-3)21(25)24(28)30-4)9-10-19(33)23(17)31(15-26(14-27)11-12-26)36-20-8-6-5-7-18(20)32(34)35/h5-10,33H,3,11-13,15H2,1-2,4H3,(H2,28,30). The van der Waals surface area contributed by atoms with Crippen molar-refractivity contribution in [2.75, 3.05) is 17.9 Å². The van der Waals surface area contributed by atoms with Crippen LogP contribution in [0.4, 0.5) is 11.4 Å². The molecule has 0 radical (unpaired) electrons. The molecular weight excluding hydrogens is 476 g/mol. The molecule has 0 bridgehead atoms. The highest BCUT2D eigenvalue weighted by molar-refractivity contribution is 8.00. The second-order valence-electron chi connectivity index (χ2n) is 9.76. The molecule has 1 fully saturated rings. The van der Waals surface area contributed by atoms with Crippen LogP contribution < -0.4 is 10.0 Å². The lowest BCUT2D eigenvalue weighted by Gasteiger charge is -2.38. The van der Waals surface area contributed by atoms with Gasteiger partial charge in [0.25, 0.3) is 5.69 Å². The third kappa shape index (κ3) is 4.42. The van der Waals surface area contributed by atoms with E-state index in [2.05, 4.69) is 22.8 Å². The first-order chi connectivity index (χ1) is 17.1. The van der Waals surface area contributed by atoms with Gasteiger partial charge in [0.1, 0.15) is 16.5 Å². The van der Waals surface area contributed by atoms with E-state index >= 15 is 0 Å². The second-order valence-corrected chi connectivity index (χ2v) is 10.8. The maximum atomic E-state index is 11.7. The highest BCUT2D eigenvalue weighted by Crippen LogP contribution is 2.53. The first kappa shape index (κ1) is 25.3. The number of rotatable bonds is 8. The van der Waals surface area contributed by atoms with Crippen LogP contribution in [-0.2, 0) is 6.42 Å². The van der Waals surface area contributed by atoms with Gasteiger partial charge in [-0.15, -0.1) is 0 Å². The average molecular weight is 505 g/mol. The number of para-hydroxylation sites is 1. The fourth-order valence-electron chi connectivity index (χ4n) is 4.72. The Morgan fingerprint density at radius 2 is 2.03 bits per heavy atom. The Labute approximate surface area is 214 Å². The zero-order chi connectivity index (χ0) is 26.3. The van der Waals surface area contributed by atoms with Crippen LogP contribution >= 0.6 is 11.9 Å². The topological polar surface area (TPSA) is 141 Å². The van der Waals surface area contributed by atoms with Crippen LogP contribution in [0, 0.1) is 32.3 Å². The number of benzene rings is 2. The van der Waals surface area contributed by atoms with Crippen molar-refractivity contribution >= 4 is 41.6 Å². The Morgan fingerprint density at radius 3 is 2.61 bits per heavy atom. The third-order valence-corrected chi connectivity index (χ3v) is 7.83. The minimum atomic E-state index is -0.574. The van der Waals surface area contributed by atoms with Gasteiger partial charge in [-0.05, 0) is 67.1 Å². The van der Waals surface area contributed by atoms with E-state index in [4.69, 9.17) is 5.73 Å². The van der Waals surface area contributed by atoms with Crippen molar-refractivity contribution in [3.05, 3.63) is 63.2 Å². The Kier molecular flexibility index (Phi) is 6.54. The van der Waals surface area contributed by atoms with Crippen molar-refractivity contribution in [2.45, 2.75) is 38.0 Å². The molecule has 2 aromatic rings. The second kappa shape index (κ2) is 9.32. The number of nitrogens with two attached hydrogens (primary N) is 1. The number of phenols is 1. The predicted molar refractivity (Wildman–Crippen MR) is 143 cm³/mol. The zero-order valence-corrected chi connectivity index (χ0v) is 21.3. The molecule has 186 valence electrons. The van der Waals surface area contributed by atoms with Crippen molar-refractivity contribution < 1.29 is 10.0 Å². The lowest BCUT2D eigenvalue weighted by molar-refractivity contribution is -0.387. The van der Waals surface area contributed by atoms with E-state index in [9.17, 15) is 20.5 Å². The normalized spacial score (nSPS) is 17.7. The van der Waals surface area contributed by atoms with Crippen molar-refractivity contribution in [1.82, 2.24) is 0 Å². The van der Waals surface area contributed by atoms with Gasteiger partial charge in [-0.2, -0.15) is 5.26 Å². The summed E-state index contributed by atoms with van der Waals surface area (Å²) in [5.41, 5.74) is 8.61. The van der Waals surface area contributed by atoms with Gasteiger partial charge in [0.05, 0.1) is 27.8 Å². The highest BCUT2D eigenvalue weighted by Gasteiger charge is 2.46. The number of aromatic hydroxyl groups is 1. The summed E-state index contributed by atoms with van der Waals surface area (Å²) < 4.78 is 1.83. The Balaban J connectivity index is 1.94. The Bertz CT molecular complexity index is 1350. The van der Waals surface area contributed by atoms with E-state index in [1.165, 1.54) is 6.07 Å². The first-order valence-electron chi connectivity index (χ1n) is 11.5. The van der Waals surface area contributed by atoms with Crippen LogP contribution in [0.3, 0.4) is 0 Å². The monoisotopic (exact) mass is 504 g/mol. The van der Waals surface area contributed by atoms with Crippen LogP contribution in [-0.4, -0.2) is 36.2 Å². The summed E-state index contributed by atoms with van der Waals surface area (Å²) in [5.74, 6) is 0.392. The number of hydrogen-bond acceptors (Lipinski definition) is 8. The molecule has 0 atom stereocenters. The van der Waals surface area contributed by atoms with Crippen LogP contribution in [0.5, 0.6) is 5.75 Å². The maximum absolute atomic E-state index is 11.7. The van der Waals surface area contributed by atoms with Gasteiger partial charge in [-0.1, -0.05) is 26.0 Å². The SMILES string of the molecule is C=NC1=C(C(N)=NC)C(C)(C)Cc2c1ccc(O)c2N(CC1(C#N)CC1)Sc1ccccc1[N+](=O)[O-]. The summed E-state index contributed by atoms with van der Waals surface area (Å²) in [6.45, 7) is 8.13. The fourth-order valence-corrected chi connectivity index (χ4v) is 5.94. The van der Waals surface area contributed by atoms with Gasteiger partial charge < -0.3 is 15.1 Å². The average Bonchev–Trinajstić information content (AvgIpc) is 3.62. The number of nitriles is 1. The number of nitrogens with zero attached hydrogens (tertiary/aromatic N) is 5. The molecule has 10 heteroatoms. The smallest absolute Gasteiger partial charge is 0.284 e. The van der Waals surface area contributed by atoms with Crippen molar-refractivity contribution in [3.8, 4) is 11.8 Å². The number of fused-ring (bicyclic) bond motifs is 1. The number of nitro groups is 1. The van der Waals surface area contributed by atoms with Crippen LogP contribution in [0.2, 0.25) is 0 Å². The molecule has 2 aromatic carbocycles. The number of aliphatic imine (C=N–C) groups is 2. The quantitative estimate of drug-likeness (QED) is 0.167. The molecule has 9 nitrogen and oxygen atoms in total. The largest absolute Gasteiger partial charge is 0.506 e. The molecule has 0 aromatic heterocycles. The zero-order valence-electron chi connectivity index (χ0n) is 20.5. The molecule has 0 spiro atoms. The van der Waals surface area contributed by atoms with E-state index in [-0.39, 0.29) is 11.4 Å². The minimum absolute atomic E-state index is 0.0216. The van der Waals surface area contributed by atoms with E-state index in [0.717, 1.165) is 41.5 Å². The van der Waals surface area contributed by atoms with Crippen molar-refractivity contribution in [1.29, 1.82) is 5.26 Å². The number of nitro benzene ring substituents is 1. The maximum Gasteiger partial charge on any atom is 0.284 e. The molecule has 0 amide bonds.